The highest BCUT2D eigenvalue weighted by Gasteiger charge is 2.34. The number of nitrogens with zero attached hydrogens (tertiary/aromatic N) is 1. The van der Waals surface area contributed by atoms with Crippen LogP contribution in [0.1, 0.15) is 47.2 Å². The van der Waals surface area contributed by atoms with Crippen LogP contribution in [-0.4, -0.2) is 30.1 Å². The average Bonchev–Trinajstić information content (AvgIpc) is 2.68. The first kappa shape index (κ1) is 17.0. The fourth-order valence-corrected chi connectivity index (χ4v) is 4.41. The van der Waals surface area contributed by atoms with Gasteiger partial charge in [-0.3, -0.25) is 4.90 Å². The van der Waals surface area contributed by atoms with Crippen molar-refractivity contribution in [2.45, 2.75) is 44.3 Å². The summed E-state index contributed by atoms with van der Waals surface area (Å²) in [5.41, 5.74) is 4.38. The lowest BCUT2D eigenvalue weighted by Crippen LogP contribution is -2.47. The lowest BCUT2D eigenvalue weighted by Gasteiger charge is -2.45. The van der Waals surface area contributed by atoms with Gasteiger partial charge in [0.2, 0.25) is 0 Å². The maximum absolute atomic E-state index is 12.2. The topological polar surface area (TPSA) is 29.5 Å². The third kappa shape index (κ3) is 3.32. The van der Waals surface area contributed by atoms with Crippen LogP contribution in [0.15, 0.2) is 60.7 Å². The molecule has 4 rings (SSSR count). The van der Waals surface area contributed by atoms with E-state index in [2.05, 4.69) is 47.4 Å². The quantitative estimate of drug-likeness (QED) is 0.752. The van der Waals surface area contributed by atoms with Crippen LogP contribution in [0.25, 0.3) is 5.57 Å². The van der Waals surface area contributed by atoms with Crippen molar-refractivity contribution in [3.05, 3.63) is 77.4 Å². The highest BCUT2D eigenvalue weighted by atomic mass is 16.5. The average molecular weight is 347 g/mol. The number of fused-ring (bicyclic) bond motifs is 2. The second-order valence-corrected chi connectivity index (χ2v) is 7.24. The number of esters is 1. The maximum Gasteiger partial charge on any atom is 0.338 e. The van der Waals surface area contributed by atoms with Gasteiger partial charge >= 0.3 is 5.97 Å². The Balaban J connectivity index is 1.64. The summed E-state index contributed by atoms with van der Waals surface area (Å²) in [5.74, 6) is -0.252. The van der Waals surface area contributed by atoms with E-state index in [9.17, 15) is 4.79 Å². The van der Waals surface area contributed by atoms with Gasteiger partial charge in [0, 0.05) is 18.6 Å². The Morgan fingerprint density at radius 2 is 1.85 bits per heavy atom. The molecule has 26 heavy (non-hydrogen) atoms. The van der Waals surface area contributed by atoms with E-state index in [1.807, 2.05) is 18.2 Å². The summed E-state index contributed by atoms with van der Waals surface area (Å²) in [6, 6.07) is 19.5. The molecule has 0 amide bonds. The van der Waals surface area contributed by atoms with E-state index < -0.39 is 0 Å². The van der Waals surface area contributed by atoms with Gasteiger partial charge in [0.1, 0.15) is 0 Å². The number of rotatable bonds is 4. The Hall–Kier alpha value is -2.39. The van der Waals surface area contributed by atoms with Gasteiger partial charge in [0.15, 0.2) is 0 Å². The van der Waals surface area contributed by atoms with E-state index in [4.69, 9.17) is 4.74 Å². The normalized spacial score (nSPS) is 22.6. The first-order valence-electron chi connectivity index (χ1n) is 9.44. The molecule has 3 heteroatoms. The molecular weight excluding hydrogens is 322 g/mol. The molecule has 0 saturated carbocycles. The molecule has 0 N–H and O–H groups in total. The molecule has 2 aromatic rings. The molecule has 1 fully saturated rings. The third-order valence-electron chi connectivity index (χ3n) is 5.67. The van der Waals surface area contributed by atoms with Crippen molar-refractivity contribution in [1.29, 1.82) is 0 Å². The summed E-state index contributed by atoms with van der Waals surface area (Å²) >= 11 is 0. The van der Waals surface area contributed by atoms with Gasteiger partial charge in [-0.1, -0.05) is 61.0 Å². The molecule has 0 radical (unpaired) electrons. The molecule has 0 aromatic heterocycles. The zero-order valence-electron chi connectivity index (χ0n) is 15.2. The number of methoxy groups -OCH3 is 1. The number of piperidine rings is 1. The highest BCUT2D eigenvalue weighted by molar-refractivity contribution is 5.95. The zero-order valence-corrected chi connectivity index (χ0v) is 15.2. The minimum absolute atomic E-state index is 0.252. The van der Waals surface area contributed by atoms with Crippen LogP contribution < -0.4 is 0 Å². The van der Waals surface area contributed by atoms with E-state index in [1.165, 1.54) is 37.5 Å². The summed E-state index contributed by atoms with van der Waals surface area (Å²) in [4.78, 5) is 14.8. The molecule has 2 aliphatic rings. The Bertz CT molecular complexity index is 812. The van der Waals surface area contributed by atoms with Crippen LogP contribution in [0, 0.1) is 0 Å². The van der Waals surface area contributed by atoms with E-state index in [0.717, 1.165) is 18.5 Å². The van der Waals surface area contributed by atoms with Crippen LogP contribution in [0.2, 0.25) is 0 Å². The van der Waals surface area contributed by atoms with Crippen molar-refractivity contribution in [3.8, 4) is 0 Å². The highest BCUT2D eigenvalue weighted by Crippen LogP contribution is 2.38. The Labute approximate surface area is 155 Å². The lowest BCUT2D eigenvalue weighted by atomic mass is 9.81. The van der Waals surface area contributed by atoms with Crippen molar-refractivity contribution < 1.29 is 9.53 Å². The molecule has 0 spiro atoms. The smallest absolute Gasteiger partial charge is 0.338 e. The predicted octanol–water partition coefficient (Wildman–Crippen LogP) is 4.68. The van der Waals surface area contributed by atoms with Crippen LogP contribution in [0.3, 0.4) is 0 Å². The predicted molar refractivity (Wildman–Crippen MR) is 104 cm³/mol. The van der Waals surface area contributed by atoms with Crippen LogP contribution in [0.5, 0.6) is 0 Å². The fraction of sp³-hybridized carbons (Fsp3) is 0.348. The summed E-state index contributed by atoms with van der Waals surface area (Å²) in [6.07, 6.45) is 7.08. The summed E-state index contributed by atoms with van der Waals surface area (Å²) in [5, 5.41) is 0. The van der Waals surface area contributed by atoms with Crippen LogP contribution in [-0.2, 0) is 11.3 Å². The lowest BCUT2D eigenvalue weighted by molar-refractivity contribution is 0.0600. The summed E-state index contributed by atoms with van der Waals surface area (Å²) < 4.78 is 4.99. The van der Waals surface area contributed by atoms with E-state index in [-0.39, 0.29) is 5.97 Å². The van der Waals surface area contributed by atoms with Gasteiger partial charge in [-0.05, 0) is 42.0 Å². The van der Waals surface area contributed by atoms with Crippen molar-refractivity contribution in [3.63, 3.8) is 0 Å². The Morgan fingerprint density at radius 1 is 1.08 bits per heavy atom. The standard InChI is InChI=1S/C23H25NO2/c1-26-23(25)22-13-6-5-12-21(22)18-14-19-10-7-11-20(15-18)24(19)16-17-8-3-2-4-9-17/h2-6,8-9,12-14,19-20H,7,10-11,15-16H2,1H3. The number of hydrogen-bond donors (Lipinski definition) is 0. The molecule has 2 bridgehead atoms. The molecule has 2 heterocycles. The van der Waals surface area contributed by atoms with Crippen molar-refractivity contribution in [1.82, 2.24) is 4.90 Å². The number of ether oxygens (including phenoxy) is 1. The molecule has 0 aliphatic carbocycles. The van der Waals surface area contributed by atoms with Gasteiger partial charge in [0.05, 0.1) is 12.7 Å². The minimum atomic E-state index is -0.252. The van der Waals surface area contributed by atoms with Gasteiger partial charge in [0.25, 0.3) is 0 Å². The Morgan fingerprint density at radius 3 is 2.62 bits per heavy atom. The van der Waals surface area contributed by atoms with Gasteiger partial charge in [-0.25, -0.2) is 4.79 Å². The maximum atomic E-state index is 12.2. The monoisotopic (exact) mass is 347 g/mol. The molecule has 2 aliphatic heterocycles. The molecule has 3 nitrogen and oxygen atoms in total. The van der Waals surface area contributed by atoms with Gasteiger partial charge in [-0.2, -0.15) is 0 Å². The number of carbonyl (C=O) groups is 1. The van der Waals surface area contributed by atoms with Crippen molar-refractivity contribution >= 4 is 11.5 Å². The molecule has 2 aromatic carbocycles. The number of benzene rings is 2. The van der Waals surface area contributed by atoms with Gasteiger partial charge < -0.3 is 4.74 Å². The molecule has 134 valence electrons. The van der Waals surface area contributed by atoms with Crippen LogP contribution >= 0.6 is 0 Å². The first-order chi connectivity index (χ1) is 12.8. The van der Waals surface area contributed by atoms with Crippen LogP contribution in [0.4, 0.5) is 0 Å². The molecule has 2 atom stereocenters. The third-order valence-corrected chi connectivity index (χ3v) is 5.67. The molecular formula is C23H25NO2. The second-order valence-electron chi connectivity index (χ2n) is 7.24. The number of hydrogen-bond acceptors (Lipinski definition) is 3. The zero-order chi connectivity index (χ0) is 17.9. The van der Waals surface area contributed by atoms with E-state index in [1.54, 1.807) is 0 Å². The minimum Gasteiger partial charge on any atom is -0.465 e. The van der Waals surface area contributed by atoms with Crippen molar-refractivity contribution in [2.24, 2.45) is 0 Å². The largest absolute Gasteiger partial charge is 0.465 e. The summed E-state index contributed by atoms with van der Waals surface area (Å²) in [6.45, 7) is 0.999. The SMILES string of the molecule is COC(=O)c1ccccc1C1=CC2CCCC(C1)N2Cc1ccccc1. The number of carbonyl (C=O) groups excluding carboxylic acids is 1. The Kier molecular flexibility index (Phi) is 4.89. The van der Waals surface area contributed by atoms with Crippen molar-refractivity contribution in [2.75, 3.05) is 7.11 Å². The van der Waals surface area contributed by atoms with E-state index in [0.29, 0.717) is 17.6 Å². The van der Waals surface area contributed by atoms with Gasteiger partial charge in [-0.15, -0.1) is 0 Å². The molecule has 2 unspecified atom stereocenters. The molecule has 1 saturated heterocycles. The first-order valence-corrected chi connectivity index (χ1v) is 9.44. The summed E-state index contributed by atoms with van der Waals surface area (Å²) in [7, 11) is 1.45. The second kappa shape index (κ2) is 7.46. The fourth-order valence-electron chi connectivity index (χ4n) is 4.41. The van der Waals surface area contributed by atoms with E-state index >= 15 is 0 Å².